The van der Waals surface area contributed by atoms with E-state index in [0.717, 1.165) is 23.6 Å². The van der Waals surface area contributed by atoms with Crippen molar-refractivity contribution in [1.82, 2.24) is 10.2 Å². The molecule has 1 aliphatic carbocycles. The lowest BCUT2D eigenvalue weighted by Crippen LogP contribution is -2.07. The van der Waals surface area contributed by atoms with Gasteiger partial charge in [0, 0.05) is 4.88 Å². The largest absolute Gasteiger partial charge is 0.496 e. The van der Waals surface area contributed by atoms with Gasteiger partial charge in [-0.1, -0.05) is 30.8 Å². The molecule has 3 aromatic rings. The van der Waals surface area contributed by atoms with E-state index in [1.54, 1.807) is 30.6 Å². The Balaban J connectivity index is 1.44. The lowest BCUT2D eigenvalue weighted by molar-refractivity contribution is 0.101. The highest BCUT2D eigenvalue weighted by Crippen LogP contribution is 2.37. The van der Waals surface area contributed by atoms with Gasteiger partial charge in [-0.15, -0.1) is 21.5 Å². The second kappa shape index (κ2) is 7.86. The number of ether oxygens (including phenoxy) is 1. The van der Waals surface area contributed by atoms with E-state index >= 15 is 0 Å². The zero-order valence-corrected chi connectivity index (χ0v) is 16.9. The summed E-state index contributed by atoms with van der Waals surface area (Å²) in [6.07, 6.45) is 3.49. The first-order valence-corrected chi connectivity index (χ1v) is 10.7. The third-order valence-electron chi connectivity index (χ3n) is 4.68. The third kappa shape index (κ3) is 3.94. The fourth-order valence-electron chi connectivity index (χ4n) is 3.26. The first-order valence-electron chi connectivity index (χ1n) is 8.88. The number of methoxy groups -OCH3 is 1. The summed E-state index contributed by atoms with van der Waals surface area (Å²) in [6, 6.07) is 9.39. The maximum atomic E-state index is 12.4. The second-order valence-corrected chi connectivity index (χ2v) is 8.76. The van der Waals surface area contributed by atoms with Crippen LogP contribution in [-0.2, 0) is 12.8 Å². The molecule has 5 nitrogen and oxygen atoms in total. The smallest absolute Gasteiger partial charge is 0.277 e. The molecule has 0 bridgehead atoms. The van der Waals surface area contributed by atoms with Crippen LogP contribution in [0.25, 0.3) is 10.8 Å². The summed E-state index contributed by atoms with van der Waals surface area (Å²) in [4.78, 5) is 14.9. The van der Waals surface area contributed by atoms with Crippen LogP contribution in [-0.4, -0.2) is 28.8 Å². The Morgan fingerprint density at radius 3 is 3.07 bits per heavy atom. The lowest BCUT2D eigenvalue weighted by Gasteiger charge is -2.16. The minimum atomic E-state index is -0.0298. The van der Waals surface area contributed by atoms with Crippen LogP contribution in [0, 0.1) is 5.92 Å². The summed E-state index contributed by atoms with van der Waals surface area (Å²) in [6.45, 7) is 2.29. The Labute approximate surface area is 166 Å². The molecule has 0 unspecified atom stereocenters. The van der Waals surface area contributed by atoms with Crippen LogP contribution in [0.1, 0.15) is 34.1 Å². The average Bonchev–Trinajstić information content (AvgIpc) is 3.32. The van der Waals surface area contributed by atoms with Crippen LogP contribution in [0.4, 0.5) is 0 Å². The van der Waals surface area contributed by atoms with Crippen LogP contribution >= 0.6 is 23.1 Å². The van der Waals surface area contributed by atoms with Gasteiger partial charge in [0.25, 0.3) is 11.1 Å². The van der Waals surface area contributed by atoms with Crippen LogP contribution in [0.2, 0.25) is 0 Å². The molecule has 0 amide bonds. The van der Waals surface area contributed by atoms with E-state index in [1.165, 1.54) is 28.6 Å². The summed E-state index contributed by atoms with van der Waals surface area (Å²) >= 11 is 2.99. The zero-order chi connectivity index (χ0) is 18.8. The van der Waals surface area contributed by atoms with Crippen LogP contribution in [0.15, 0.2) is 40.0 Å². The Hall–Kier alpha value is -2.12. The van der Waals surface area contributed by atoms with Crippen molar-refractivity contribution in [3.05, 3.63) is 46.3 Å². The van der Waals surface area contributed by atoms with Gasteiger partial charge in [-0.25, -0.2) is 0 Å². The van der Waals surface area contributed by atoms with E-state index in [2.05, 4.69) is 23.2 Å². The second-order valence-electron chi connectivity index (χ2n) is 6.69. The Bertz CT molecular complexity index is 964. The number of aromatic nitrogens is 2. The Kier molecular flexibility index (Phi) is 5.31. The number of para-hydroxylation sites is 1. The van der Waals surface area contributed by atoms with E-state index in [9.17, 15) is 4.79 Å². The maximum absolute atomic E-state index is 12.4. The fraction of sp³-hybridized carbons (Fsp3) is 0.350. The molecule has 0 radical (unpaired) electrons. The Morgan fingerprint density at radius 2 is 2.22 bits per heavy atom. The molecule has 2 heterocycles. The first-order chi connectivity index (χ1) is 13.1. The highest BCUT2D eigenvalue weighted by Gasteiger charge is 2.21. The summed E-state index contributed by atoms with van der Waals surface area (Å²) < 4.78 is 11.0. The van der Waals surface area contributed by atoms with E-state index in [0.29, 0.717) is 22.4 Å². The van der Waals surface area contributed by atoms with Crippen molar-refractivity contribution < 1.29 is 13.9 Å². The van der Waals surface area contributed by atoms with E-state index in [-0.39, 0.29) is 11.5 Å². The van der Waals surface area contributed by atoms with Gasteiger partial charge < -0.3 is 9.15 Å². The third-order valence-corrected chi connectivity index (χ3v) is 6.72. The molecule has 0 fully saturated rings. The summed E-state index contributed by atoms with van der Waals surface area (Å²) in [5.41, 5.74) is 1.97. The van der Waals surface area contributed by atoms with Gasteiger partial charge in [0.2, 0.25) is 0 Å². The summed E-state index contributed by atoms with van der Waals surface area (Å²) in [7, 11) is 1.56. The number of thioether (sulfide) groups is 1. The molecule has 7 heteroatoms. The molecule has 0 N–H and O–H groups in total. The lowest BCUT2D eigenvalue weighted by atomic mass is 9.90. The molecule has 1 aliphatic rings. The molecular formula is C20H20N2O3S2. The average molecular weight is 401 g/mol. The molecule has 2 aromatic heterocycles. The summed E-state index contributed by atoms with van der Waals surface area (Å²) in [5, 5.41) is 8.67. The standard InChI is InChI=1S/C20H20N2O3S2/c1-12-7-8-17-13(9-12)10-18(27-17)19-21-22-20(25-19)26-11-15(23)14-5-3-4-6-16(14)24-2/h3-6,10,12H,7-9,11H2,1-2H3/t12-/m0/s1. The maximum Gasteiger partial charge on any atom is 0.277 e. The highest BCUT2D eigenvalue weighted by atomic mass is 32.2. The number of carbonyl (C=O) groups is 1. The number of rotatable bonds is 6. The topological polar surface area (TPSA) is 65.2 Å². The number of benzene rings is 1. The fourth-order valence-corrected chi connectivity index (χ4v) is 5.04. The van der Waals surface area contributed by atoms with Crippen molar-refractivity contribution in [2.75, 3.05) is 12.9 Å². The quantitative estimate of drug-likeness (QED) is 0.433. The molecule has 27 heavy (non-hydrogen) atoms. The van der Waals surface area contributed by atoms with Gasteiger partial charge >= 0.3 is 0 Å². The van der Waals surface area contributed by atoms with Gasteiger partial charge in [0.05, 0.1) is 23.3 Å². The molecule has 0 spiro atoms. The van der Waals surface area contributed by atoms with E-state index < -0.39 is 0 Å². The van der Waals surface area contributed by atoms with Crippen molar-refractivity contribution in [3.8, 4) is 16.5 Å². The first kappa shape index (κ1) is 18.3. The number of carbonyl (C=O) groups excluding carboxylic acids is 1. The number of hydrogen-bond acceptors (Lipinski definition) is 7. The molecule has 0 saturated carbocycles. The van der Waals surface area contributed by atoms with Gasteiger partial charge in [-0.3, -0.25) is 4.79 Å². The highest BCUT2D eigenvalue weighted by molar-refractivity contribution is 7.99. The van der Waals surface area contributed by atoms with Crippen molar-refractivity contribution in [2.24, 2.45) is 5.92 Å². The zero-order valence-electron chi connectivity index (χ0n) is 15.2. The number of nitrogens with zero attached hydrogens (tertiary/aromatic N) is 2. The number of fused-ring (bicyclic) bond motifs is 1. The number of aryl methyl sites for hydroxylation is 1. The molecule has 1 atom stereocenters. The molecule has 4 rings (SSSR count). The van der Waals surface area contributed by atoms with E-state index in [4.69, 9.17) is 9.15 Å². The van der Waals surface area contributed by atoms with Gasteiger partial charge in [0.1, 0.15) is 5.75 Å². The minimum Gasteiger partial charge on any atom is -0.496 e. The molecule has 140 valence electrons. The molecular weight excluding hydrogens is 380 g/mol. The predicted molar refractivity (Wildman–Crippen MR) is 107 cm³/mol. The normalized spacial score (nSPS) is 16.1. The van der Waals surface area contributed by atoms with Gasteiger partial charge in [-0.2, -0.15) is 0 Å². The van der Waals surface area contributed by atoms with Crippen LogP contribution in [0.3, 0.4) is 0 Å². The predicted octanol–water partition coefficient (Wildman–Crippen LogP) is 4.91. The number of thiophene rings is 1. The minimum absolute atomic E-state index is 0.0298. The van der Waals surface area contributed by atoms with Crippen LogP contribution < -0.4 is 4.74 Å². The van der Waals surface area contributed by atoms with Crippen molar-refractivity contribution in [3.63, 3.8) is 0 Å². The van der Waals surface area contributed by atoms with Crippen molar-refractivity contribution in [2.45, 2.75) is 31.4 Å². The number of hydrogen-bond donors (Lipinski definition) is 0. The molecule has 1 aromatic carbocycles. The molecule has 0 saturated heterocycles. The van der Waals surface area contributed by atoms with Crippen molar-refractivity contribution in [1.29, 1.82) is 0 Å². The van der Waals surface area contributed by atoms with Crippen LogP contribution in [0.5, 0.6) is 5.75 Å². The van der Waals surface area contributed by atoms with Gasteiger partial charge in [0.15, 0.2) is 5.78 Å². The van der Waals surface area contributed by atoms with Gasteiger partial charge in [-0.05, 0) is 48.9 Å². The summed E-state index contributed by atoms with van der Waals surface area (Å²) in [5.74, 6) is 2.04. The van der Waals surface area contributed by atoms with Crippen molar-refractivity contribution >= 4 is 28.9 Å². The molecule has 0 aliphatic heterocycles. The monoisotopic (exact) mass is 400 g/mol. The SMILES string of the molecule is COc1ccccc1C(=O)CSc1nnc(-c2cc3c(s2)CC[C@H](C)C3)o1. The number of Topliss-reactive ketones (excluding diaryl/α,β-unsaturated/α-hetero) is 1. The van der Waals surface area contributed by atoms with E-state index in [1.807, 2.05) is 12.1 Å². The Morgan fingerprint density at radius 1 is 1.37 bits per heavy atom. The number of ketones is 1.